The van der Waals surface area contributed by atoms with Crippen LogP contribution in [0.15, 0.2) is 36.5 Å². The number of carbonyl (C=O) groups is 1. The van der Waals surface area contributed by atoms with Gasteiger partial charge in [0.15, 0.2) is 11.6 Å². The van der Waals surface area contributed by atoms with Crippen LogP contribution in [0.5, 0.6) is 0 Å². The molecular formula is C12H7F2N3O3. The molecule has 6 nitrogen and oxygen atoms in total. The van der Waals surface area contributed by atoms with E-state index in [-0.39, 0.29) is 17.1 Å². The van der Waals surface area contributed by atoms with Crippen LogP contribution in [-0.4, -0.2) is 15.8 Å². The Balaban J connectivity index is 2.14. The van der Waals surface area contributed by atoms with Crippen molar-refractivity contribution in [3.63, 3.8) is 0 Å². The summed E-state index contributed by atoms with van der Waals surface area (Å²) in [6, 6.07) is 5.08. The van der Waals surface area contributed by atoms with E-state index in [0.29, 0.717) is 0 Å². The smallest absolute Gasteiger partial charge is 0.287 e. The molecule has 0 aliphatic heterocycles. The highest BCUT2D eigenvalue weighted by molar-refractivity contribution is 6.03. The van der Waals surface area contributed by atoms with Crippen molar-refractivity contribution in [2.75, 3.05) is 5.32 Å². The van der Waals surface area contributed by atoms with Gasteiger partial charge in [0.05, 0.1) is 4.92 Å². The fraction of sp³-hybridized carbons (Fsp3) is 0. The van der Waals surface area contributed by atoms with E-state index in [0.717, 1.165) is 30.5 Å². The van der Waals surface area contributed by atoms with Crippen molar-refractivity contribution in [3.05, 3.63) is 63.8 Å². The van der Waals surface area contributed by atoms with Gasteiger partial charge in [0.25, 0.3) is 11.6 Å². The largest absolute Gasteiger partial charge is 0.307 e. The van der Waals surface area contributed by atoms with Crippen LogP contribution in [0, 0.1) is 21.7 Å². The Morgan fingerprint density at radius 3 is 2.50 bits per heavy atom. The molecule has 1 aromatic carbocycles. The lowest BCUT2D eigenvalue weighted by atomic mass is 10.2. The number of aromatic nitrogens is 1. The van der Waals surface area contributed by atoms with Crippen LogP contribution in [0.1, 0.15) is 10.4 Å². The molecule has 0 aliphatic carbocycles. The Labute approximate surface area is 111 Å². The van der Waals surface area contributed by atoms with Gasteiger partial charge < -0.3 is 5.32 Å². The Hall–Kier alpha value is -2.90. The highest BCUT2D eigenvalue weighted by atomic mass is 19.2. The molecule has 1 aromatic heterocycles. The lowest BCUT2D eigenvalue weighted by molar-refractivity contribution is -0.385. The summed E-state index contributed by atoms with van der Waals surface area (Å²) in [6.45, 7) is 0. The van der Waals surface area contributed by atoms with Gasteiger partial charge in [0.1, 0.15) is 12.0 Å². The fourth-order valence-corrected chi connectivity index (χ4v) is 1.39. The first kappa shape index (κ1) is 13.5. The molecule has 0 aliphatic rings. The van der Waals surface area contributed by atoms with Crippen LogP contribution in [0.2, 0.25) is 0 Å². The van der Waals surface area contributed by atoms with E-state index < -0.39 is 22.5 Å². The summed E-state index contributed by atoms with van der Waals surface area (Å²) in [5.74, 6) is -2.85. The fourth-order valence-electron chi connectivity index (χ4n) is 1.39. The van der Waals surface area contributed by atoms with Gasteiger partial charge in [0.2, 0.25) is 0 Å². The van der Waals surface area contributed by atoms with Gasteiger partial charge in [-0.1, -0.05) is 0 Å². The van der Waals surface area contributed by atoms with Crippen LogP contribution in [-0.2, 0) is 0 Å². The normalized spacial score (nSPS) is 10.1. The summed E-state index contributed by atoms with van der Waals surface area (Å²) in [4.78, 5) is 25.2. The van der Waals surface area contributed by atoms with Gasteiger partial charge in [-0.2, -0.15) is 0 Å². The van der Waals surface area contributed by atoms with Crippen LogP contribution < -0.4 is 5.32 Å². The lowest BCUT2D eigenvalue weighted by Gasteiger charge is -2.04. The average Bonchev–Trinajstić information content (AvgIpc) is 2.42. The quantitative estimate of drug-likeness (QED) is 0.691. The Morgan fingerprint density at radius 2 is 1.95 bits per heavy atom. The summed E-state index contributed by atoms with van der Waals surface area (Å²) < 4.78 is 25.7. The number of anilines is 1. The lowest BCUT2D eigenvalue weighted by Crippen LogP contribution is -2.13. The van der Waals surface area contributed by atoms with Crippen molar-refractivity contribution < 1.29 is 18.5 Å². The first-order chi connectivity index (χ1) is 9.47. The second-order valence-corrected chi connectivity index (χ2v) is 3.74. The number of amides is 1. The standard InChI is InChI=1S/C12H7F2N3O3/c13-9-3-1-7(5-10(9)14)12(18)16-11-4-2-8(6-15-11)17(19)20/h1-6H,(H,15,16,18). The maximum atomic E-state index is 13.0. The number of halogens is 2. The number of nitrogens with one attached hydrogen (secondary N) is 1. The minimum absolute atomic E-state index is 0.0605. The topological polar surface area (TPSA) is 85.1 Å². The first-order valence-electron chi connectivity index (χ1n) is 5.34. The SMILES string of the molecule is O=C(Nc1ccc([N+](=O)[O-])cn1)c1ccc(F)c(F)c1. The molecule has 1 N–H and O–H groups in total. The average molecular weight is 279 g/mol. The molecule has 8 heteroatoms. The Kier molecular flexibility index (Phi) is 3.65. The number of nitro groups is 1. The molecule has 0 spiro atoms. The summed E-state index contributed by atoms with van der Waals surface area (Å²) in [6.07, 6.45) is 0.973. The number of pyridine rings is 1. The Morgan fingerprint density at radius 1 is 1.20 bits per heavy atom. The molecule has 0 saturated carbocycles. The number of hydrogen-bond acceptors (Lipinski definition) is 4. The third-order valence-electron chi connectivity index (χ3n) is 2.38. The summed E-state index contributed by atoms with van der Waals surface area (Å²) in [7, 11) is 0. The molecular weight excluding hydrogens is 272 g/mol. The van der Waals surface area contributed by atoms with E-state index in [2.05, 4.69) is 10.3 Å². The van der Waals surface area contributed by atoms with Gasteiger partial charge in [-0.3, -0.25) is 14.9 Å². The van der Waals surface area contributed by atoms with E-state index in [9.17, 15) is 23.7 Å². The predicted octanol–water partition coefficient (Wildman–Crippen LogP) is 2.52. The minimum Gasteiger partial charge on any atom is -0.307 e. The van der Waals surface area contributed by atoms with Crippen molar-refractivity contribution in [1.29, 1.82) is 0 Å². The molecule has 20 heavy (non-hydrogen) atoms. The summed E-state index contributed by atoms with van der Waals surface area (Å²) in [5, 5.41) is 12.7. The highest BCUT2D eigenvalue weighted by Crippen LogP contribution is 2.14. The number of benzene rings is 1. The zero-order valence-corrected chi connectivity index (χ0v) is 9.84. The summed E-state index contributed by atoms with van der Waals surface area (Å²) in [5.41, 5.74) is -0.320. The molecule has 0 atom stereocenters. The molecule has 2 aromatic rings. The van der Waals surface area contributed by atoms with Gasteiger partial charge in [0, 0.05) is 11.6 Å². The van der Waals surface area contributed by atoms with Crippen molar-refractivity contribution in [1.82, 2.24) is 4.98 Å². The van der Waals surface area contributed by atoms with E-state index in [1.807, 2.05) is 0 Å². The second kappa shape index (κ2) is 5.39. The Bertz CT molecular complexity index is 674. The van der Waals surface area contributed by atoms with Gasteiger partial charge in [-0.25, -0.2) is 13.8 Å². The van der Waals surface area contributed by atoms with Crippen LogP contribution in [0.3, 0.4) is 0 Å². The highest BCUT2D eigenvalue weighted by Gasteiger charge is 2.11. The van der Waals surface area contributed by atoms with Crippen molar-refractivity contribution >= 4 is 17.4 Å². The number of hydrogen-bond donors (Lipinski definition) is 1. The van der Waals surface area contributed by atoms with Crippen molar-refractivity contribution in [3.8, 4) is 0 Å². The zero-order valence-electron chi connectivity index (χ0n) is 9.84. The molecule has 0 radical (unpaired) electrons. The maximum Gasteiger partial charge on any atom is 0.287 e. The second-order valence-electron chi connectivity index (χ2n) is 3.74. The monoisotopic (exact) mass is 279 g/mol. The first-order valence-corrected chi connectivity index (χ1v) is 5.34. The molecule has 1 amide bonds. The third kappa shape index (κ3) is 2.91. The zero-order chi connectivity index (χ0) is 14.7. The molecule has 0 saturated heterocycles. The number of carbonyl (C=O) groups excluding carboxylic acids is 1. The van der Waals surface area contributed by atoms with Gasteiger partial charge in [-0.15, -0.1) is 0 Å². The van der Waals surface area contributed by atoms with Crippen molar-refractivity contribution in [2.45, 2.75) is 0 Å². The van der Waals surface area contributed by atoms with Crippen molar-refractivity contribution in [2.24, 2.45) is 0 Å². The molecule has 0 bridgehead atoms. The minimum atomic E-state index is -1.14. The van der Waals surface area contributed by atoms with E-state index >= 15 is 0 Å². The third-order valence-corrected chi connectivity index (χ3v) is 2.38. The number of rotatable bonds is 3. The maximum absolute atomic E-state index is 13.0. The van der Waals surface area contributed by atoms with Crippen LogP contribution >= 0.6 is 0 Å². The molecule has 102 valence electrons. The summed E-state index contributed by atoms with van der Waals surface area (Å²) >= 11 is 0. The van der Waals surface area contributed by atoms with Gasteiger partial charge in [-0.05, 0) is 24.3 Å². The molecule has 2 rings (SSSR count). The van der Waals surface area contributed by atoms with E-state index in [1.165, 1.54) is 6.07 Å². The number of nitrogens with zero attached hydrogens (tertiary/aromatic N) is 2. The van der Waals surface area contributed by atoms with E-state index in [4.69, 9.17) is 0 Å². The molecule has 1 heterocycles. The van der Waals surface area contributed by atoms with Crippen LogP contribution in [0.4, 0.5) is 20.3 Å². The van der Waals surface area contributed by atoms with Crippen LogP contribution in [0.25, 0.3) is 0 Å². The van der Waals surface area contributed by atoms with E-state index in [1.54, 1.807) is 0 Å². The predicted molar refractivity (Wildman–Crippen MR) is 65.2 cm³/mol. The molecule has 0 unspecified atom stereocenters. The van der Waals surface area contributed by atoms with Gasteiger partial charge >= 0.3 is 0 Å². The molecule has 0 fully saturated rings.